The summed E-state index contributed by atoms with van der Waals surface area (Å²) in [6.07, 6.45) is 6.58. The first-order valence-corrected chi connectivity index (χ1v) is 6.33. The number of rotatable bonds is 2. The van der Waals surface area contributed by atoms with Crippen molar-refractivity contribution in [2.75, 3.05) is 0 Å². The van der Waals surface area contributed by atoms with Crippen LogP contribution in [0.2, 0.25) is 10.0 Å². The van der Waals surface area contributed by atoms with Gasteiger partial charge in [0, 0.05) is 28.9 Å². The molecule has 0 radical (unpaired) electrons. The summed E-state index contributed by atoms with van der Waals surface area (Å²) in [6.45, 7) is 0. The Morgan fingerprint density at radius 1 is 1.17 bits per heavy atom. The Morgan fingerprint density at radius 3 is 2.89 bits per heavy atom. The summed E-state index contributed by atoms with van der Waals surface area (Å²) in [7, 11) is 0. The van der Waals surface area contributed by atoms with Gasteiger partial charge in [-0.3, -0.25) is 4.98 Å². The Bertz CT molecular complexity index is 704. The fraction of sp³-hybridized carbons (Fsp3) is 0.0714. The zero-order chi connectivity index (χ0) is 12.5. The molecule has 2 aromatic heterocycles. The number of hydrogen-bond donors (Lipinski definition) is 0. The third kappa shape index (κ3) is 2.22. The van der Waals surface area contributed by atoms with Crippen LogP contribution in [0.3, 0.4) is 0 Å². The van der Waals surface area contributed by atoms with E-state index in [0.29, 0.717) is 16.5 Å². The number of benzene rings is 1. The van der Waals surface area contributed by atoms with Gasteiger partial charge in [-0.15, -0.1) is 0 Å². The van der Waals surface area contributed by atoms with Gasteiger partial charge >= 0.3 is 0 Å². The van der Waals surface area contributed by atoms with E-state index in [1.807, 2.05) is 47.3 Å². The van der Waals surface area contributed by atoms with E-state index in [1.165, 1.54) is 0 Å². The van der Waals surface area contributed by atoms with Crippen molar-refractivity contribution in [3.8, 4) is 0 Å². The van der Waals surface area contributed by atoms with Gasteiger partial charge in [-0.25, -0.2) is 0 Å². The highest BCUT2D eigenvalue weighted by Gasteiger charge is 2.04. The van der Waals surface area contributed by atoms with Gasteiger partial charge in [-0.05, 0) is 29.8 Å². The van der Waals surface area contributed by atoms with Crippen LogP contribution in [0.25, 0.3) is 5.52 Å². The van der Waals surface area contributed by atoms with Gasteiger partial charge in [0.1, 0.15) is 0 Å². The van der Waals surface area contributed by atoms with Crippen LogP contribution in [0.4, 0.5) is 0 Å². The average molecular weight is 277 g/mol. The van der Waals surface area contributed by atoms with Crippen LogP contribution in [0.5, 0.6) is 0 Å². The second-order valence-corrected chi connectivity index (χ2v) is 4.98. The van der Waals surface area contributed by atoms with Crippen molar-refractivity contribution in [3.63, 3.8) is 0 Å². The first-order valence-electron chi connectivity index (χ1n) is 5.58. The minimum Gasteiger partial charge on any atom is -0.321 e. The van der Waals surface area contributed by atoms with E-state index in [0.717, 1.165) is 16.8 Å². The second-order valence-electron chi connectivity index (χ2n) is 4.13. The first kappa shape index (κ1) is 11.6. The monoisotopic (exact) mass is 276 g/mol. The molecule has 0 unspecified atom stereocenters. The Balaban J connectivity index is 1.95. The van der Waals surface area contributed by atoms with Crippen molar-refractivity contribution in [1.82, 2.24) is 9.38 Å². The quantitative estimate of drug-likeness (QED) is 0.685. The maximum absolute atomic E-state index is 6.16. The molecule has 1 aromatic carbocycles. The molecule has 0 fully saturated rings. The van der Waals surface area contributed by atoms with Gasteiger partial charge in [-0.1, -0.05) is 29.3 Å². The lowest BCUT2D eigenvalue weighted by atomic mass is 10.1. The molecule has 0 saturated heterocycles. The Morgan fingerprint density at radius 2 is 2.06 bits per heavy atom. The maximum Gasteiger partial charge on any atom is 0.0634 e. The van der Waals surface area contributed by atoms with Crippen molar-refractivity contribution in [1.29, 1.82) is 0 Å². The lowest BCUT2D eigenvalue weighted by Gasteiger charge is -2.05. The number of fused-ring (bicyclic) bond motifs is 1. The summed E-state index contributed by atoms with van der Waals surface area (Å²) in [5, 5.41) is 1.33. The molecule has 0 bridgehead atoms. The molecule has 0 aliphatic carbocycles. The van der Waals surface area contributed by atoms with Gasteiger partial charge < -0.3 is 4.40 Å². The van der Waals surface area contributed by atoms with Crippen LogP contribution < -0.4 is 0 Å². The molecule has 18 heavy (non-hydrogen) atoms. The number of aromatic nitrogens is 2. The normalized spacial score (nSPS) is 11.0. The van der Waals surface area contributed by atoms with E-state index in [-0.39, 0.29) is 0 Å². The van der Waals surface area contributed by atoms with E-state index < -0.39 is 0 Å². The Kier molecular flexibility index (Phi) is 2.98. The third-order valence-corrected chi connectivity index (χ3v) is 3.44. The third-order valence-electron chi connectivity index (χ3n) is 2.85. The van der Waals surface area contributed by atoms with Crippen molar-refractivity contribution >= 4 is 28.7 Å². The minimum absolute atomic E-state index is 0.651. The fourth-order valence-corrected chi connectivity index (χ4v) is 2.40. The van der Waals surface area contributed by atoms with E-state index in [2.05, 4.69) is 4.98 Å². The van der Waals surface area contributed by atoms with Gasteiger partial charge in [0.15, 0.2) is 0 Å². The van der Waals surface area contributed by atoms with Crippen molar-refractivity contribution < 1.29 is 0 Å². The van der Waals surface area contributed by atoms with E-state index in [1.54, 1.807) is 6.07 Å². The molecule has 0 amide bonds. The summed E-state index contributed by atoms with van der Waals surface area (Å²) in [6, 6.07) is 9.55. The summed E-state index contributed by atoms with van der Waals surface area (Å²) in [5.74, 6) is 0. The van der Waals surface area contributed by atoms with Gasteiger partial charge in [-0.2, -0.15) is 0 Å². The van der Waals surface area contributed by atoms with Gasteiger partial charge in [0.2, 0.25) is 0 Å². The SMILES string of the molecule is Clc1ccc(Cc2cn3cccc3cn2)c(Cl)c1. The number of nitrogens with zero attached hydrogens (tertiary/aromatic N) is 2. The van der Waals surface area contributed by atoms with Crippen molar-refractivity contribution in [2.45, 2.75) is 6.42 Å². The highest BCUT2D eigenvalue weighted by molar-refractivity contribution is 6.35. The topological polar surface area (TPSA) is 17.3 Å². The van der Waals surface area contributed by atoms with Crippen molar-refractivity contribution in [2.24, 2.45) is 0 Å². The van der Waals surface area contributed by atoms with Crippen LogP contribution in [0, 0.1) is 0 Å². The highest BCUT2D eigenvalue weighted by atomic mass is 35.5. The predicted octanol–water partition coefficient (Wildman–Crippen LogP) is 4.23. The molecule has 3 aromatic rings. The lowest BCUT2D eigenvalue weighted by molar-refractivity contribution is 1.01. The zero-order valence-corrected chi connectivity index (χ0v) is 11.0. The predicted molar refractivity (Wildman–Crippen MR) is 74.5 cm³/mol. The number of halogens is 2. The molecule has 0 spiro atoms. The first-order chi connectivity index (χ1) is 8.72. The Labute approximate surface area is 115 Å². The maximum atomic E-state index is 6.16. The molecule has 0 aliphatic heterocycles. The number of hydrogen-bond acceptors (Lipinski definition) is 1. The van der Waals surface area contributed by atoms with E-state index >= 15 is 0 Å². The molecule has 4 heteroatoms. The molecule has 3 rings (SSSR count). The molecule has 0 N–H and O–H groups in total. The molecule has 0 aliphatic rings. The fourth-order valence-electron chi connectivity index (χ4n) is 1.93. The lowest BCUT2D eigenvalue weighted by Crippen LogP contribution is -1.96. The zero-order valence-electron chi connectivity index (χ0n) is 9.48. The van der Waals surface area contributed by atoms with Gasteiger partial charge in [0.05, 0.1) is 17.4 Å². The molecule has 90 valence electrons. The van der Waals surface area contributed by atoms with E-state index in [9.17, 15) is 0 Å². The van der Waals surface area contributed by atoms with Crippen LogP contribution in [-0.4, -0.2) is 9.38 Å². The standard InChI is InChI=1S/C14H10Cl2N2/c15-11-4-3-10(14(16)7-11)6-12-9-18-5-1-2-13(18)8-17-12/h1-5,7-9H,6H2. The summed E-state index contributed by atoms with van der Waals surface area (Å²) in [4.78, 5) is 4.43. The molecular formula is C14H10Cl2N2. The summed E-state index contributed by atoms with van der Waals surface area (Å²) < 4.78 is 2.05. The van der Waals surface area contributed by atoms with Crippen molar-refractivity contribution in [3.05, 3.63) is 70.2 Å². The average Bonchev–Trinajstić information content (AvgIpc) is 2.80. The largest absolute Gasteiger partial charge is 0.321 e. The highest BCUT2D eigenvalue weighted by Crippen LogP contribution is 2.23. The van der Waals surface area contributed by atoms with Crippen LogP contribution in [0.15, 0.2) is 48.9 Å². The summed E-state index contributed by atoms with van der Waals surface area (Å²) >= 11 is 12.0. The van der Waals surface area contributed by atoms with Crippen LogP contribution >= 0.6 is 23.2 Å². The van der Waals surface area contributed by atoms with Crippen LogP contribution in [0.1, 0.15) is 11.3 Å². The van der Waals surface area contributed by atoms with Crippen LogP contribution in [-0.2, 0) is 6.42 Å². The summed E-state index contributed by atoms with van der Waals surface area (Å²) in [5.41, 5.74) is 3.09. The molecule has 2 heterocycles. The van der Waals surface area contributed by atoms with E-state index in [4.69, 9.17) is 23.2 Å². The molecule has 0 saturated carbocycles. The Hall–Kier alpha value is -1.51. The van der Waals surface area contributed by atoms with Gasteiger partial charge in [0.25, 0.3) is 0 Å². The molecule has 0 atom stereocenters. The molecule has 2 nitrogen and oxygen atoms in total. The minimum atomic E-state index is 0.651. The smallest absolute Gasteiger partial charge is 0.0634 e. The molecular weight excluding hydrogens is 267 g/mol. The second kappa shape index (κ2) is 4.63.